The van der Waals surface area contributed by atoms with Crippen molar-refractivity contribution < 1.29 is 13.2 Å². The Morgan fingerprint density at radius 3 is 2.00 bits per heavy atom. The molecule has 80 valence electrons. The highest BCUT2D eigenvalue weighted by molar-refractivity contribution is 5.28. The first-order valence-corrected chi connectivity index (χ1v) is 4.35. The van der Waals surface area contributed by atoms with E-state index in [1.807, 2.05) is 13.8 Å². The molecule has 0 spiro atoms. The highest BCUT2D eigenvalue weighted by Gasteiger charge is 2.37. The Balaban J connectivity index is 3.31. The molecular formula is C9H13F3N2. The predicted octanol–water partition coefficient (Wildman–Crippen LogP) is 2.87. The van der Waals surface area contributed by atoms with E-state index >= 15 is 0 Å². The summed E-state index contributed by atoms with van der Waals surface area (Å²) in [5.41, 5.74) is 0.0935. The van der Waals surface area contributed by atoms with Gasteiger partial charge in [-0.2, -0.15) is 18.3 Å². The third kappa shape index (κ3) is 1.76. The van der Waals surface area contributed by atoms with E-state index in [1.165, 1.54) is 18.7 Å². The molecule has 0 aliphatic heterocycles. The third-order valence-electron chi connectivity index (χ3n) is 2.15. The fraction of sp³-hybridized carbons (Fsp3) is 0.667. The maximum atomic E-state index is 12.4. The van der Waals surface area contributed by atoms with E-state index in [2.05, 4.69) is 5.10 Å². The molecule has 1 aromatic rings. The van der Waals surface area contributed by atoms with Crippen LogP contribution in [0, 0.1) is 6.92 Å². The van der Waals surface area contributed by atoms with Crippen molar-refractivity contribution >= 4 is 0 Å². The minimum Gasteiger partial charge on any atom is -0.272 e. The normalized spacial score (nSPS) is 12.6. The largest absolute Gasteiger partial charge is 0.435 e. The summed E-state index contributed by atoms with van der Waals surface area (Å²) in [6, 6.07) is 0. The summed E-state index contributed by atoms with van der Waals surface area (Å²) < 4.78 is 38.6. The number of hydrogen-bond donors (Lipinski definition) is 0. The minimum absolute atomic E-state index is 0.0450. The fourth-order valence-electron chi connectivity index (χ4n) is 1.72. The van der Waals surface area contributed by atoms with E-state index in [9.17, 15) is 13.2 Å². The first-order valence-electron chi connectivity index (χ1n) is 4.35. The van der Waals surface area contributed by atoms with Gasteiger partial charge in [-0.1, -0.05) is 13.8 Å². The van der Waals surface area contributed by atoms with Crippen LogP contribution in [0.25, 0.3) is 0 Å². The first kappa shape index (κ1) is 11.1. The van der Waals surface area contributed by atoms with E-state index in [1.54, 1.807) is 0 Å². The second-order valence-electron chi connectivity index (χ2n) is 3.63. The van der Waals surface area contributed by atoms with Crippen LogP contribution in [0.1, 0.15) is 36.7 Å². The SMILES string of the molecule is Cc1c(C(F)(F)F)nn(C)c1C(C)C. The summed E-state index contributed by atoms with van der Waals surface area (Å²) in [6.07, 6.45) is -4.35. The maximum absolute atomic E-state index is 12.4. The first-order chi connectivity index (χ1) is 6.25. The van der Waals surface area contributed by atoms with Gasteiger partial charge in [0.2, 0.25) is 0 Å². The quantitative estimate of drug-likeness (QED) is 0.690. The molecule has 0 saturated carbocycles. The summed E-state index contributed by atoms with van der Waals surface area (Å²) in [7, 11) is 1.54. The Morgan fingerprint density at radius 2 is 1.79 bits per heavy atom. The van der Waals surface area contributed by atoms with Gasteiger partial charge in [-0.25, -0.2) is 0 Å². The van der Waals surface area contributed by atoms with Gasteiger partial charge in [-0.15, -0.1) is 0 Å². The molecule has 0 unspecified atom stereocenters. The number of nitrogens with zero attached hydrogens (tertiary/aromatic N) is 2. The molecule has 0 saturated heterocycles. The molecule has 0 bridgehead atoms. The van der Waals surface area contributed by atoms with Crippen LogP contribution in [-0.2, 0) is 13.2 Å². The van der Waals surface area contributed by atoms with E-state index in [-0.39, 0.29) is 11.5 Å². The lowest BCUT2D eigenvalue weighted by atomic mass is 10.0. The average Bonchev–Trinajstić information content (AvgIpc) is 2.24. The molecular weight excluding hydrogens is 193 g/mol. The molecule has 14 heavy (non-hydrogen) atoms. The number of aromatic nitrogens is 2. The highest BCUT2D eigenvalue weighted by atomic mass is 19.4. The fourth-order valence-corrected chi connectivity index (χ4v) is 1.72. The zero-order chi connectivity index (χ0) is 11.1. The second kappa shape index (κ2) is 3.29. The summed E-state index contributed by atoms with van der Waals surface area (Å²) in [5.74, 6) is 0.0450. The maximum Gasteiger partial charge on any atom is 0.435 e. The summed E-state index contributed by atoms with van der Waals surface area (Å²) in [4.78, 5) is 0. The monoisotopic (exact) mass is 206 g/mol. The number of aryl methyl sites for hydroxylation is 1. The van der Waals surface area contributed by atoms with Crippen LogP contribution in [-0.4, -0.2) is 9.78 Å². The Labute approximate surface area is 80.7 Å². The van der Waals surface area contributed by atoms with Gasteiger partial charge in [0.25, 0.3) is 0 Å². The lowest BCUT2D eigenvalue weighted by Crippen LogP contribution is -2.08. The van der Waals surface area contributed by atoms with Crippen LogP contribution in [0.2, 0.25) is 0 Å². The van der Waals surface area contributed by atoms with Crippen molar-refractivity contribution in [3.8, 4) is 0 Å². The van der Waals surface area contributed by atoms with Gasteiger partial charge < -0.3 is 0 Å². The molecule has 0 aliphatic rings. The third-order valence-corrected chi connectivity index (χ3v) is 2.15. The topological polar surface area (TPSA) is 17.8 Å². The van der Waals surface area contributed by atoms with E-state index < -0.39 is 11.9 Å². The summed E-state index contributed by atoms with van der Waals surface area (Å²) in [5, 5.41) is 3.49. The molecule has 2 nitrogen and oxygen atoms in total. The van der Waals surface area contributed by atoms with Crippen molar-refractivity contribution in [1.29, 1.82) is 0 Å². The van der Waals surface area contributed by atoms with Crippen LogP contribution in [0.4, 0.5) is 13.2 Å². The Hall–Kier alpha value is -1.00. The van der Waals surface area contributed by atoms with Crippen molar-refractivity contribution in [1.82, 2.24) is 9.78 Å². The molecule has 0 fully saturated rings. The molecule has 0 aromatic carbocycles. The van der Waals surface area contributed by atoms with Crippen LogP contribution in [0.5, 0.6) is 0 Å². The van der Waals surface area contributed by atoms with Crippen molar-refractivity contribution in [2.75, 3.05) is 0 Å². The zero-order valence-electron chi connectivity index (χ0n) is 8.61. The summed E-state index contributed by atoms with van der Waals surface area (Å²) >= 11 is 0. The van der Waals surface area contributed by atoms with Gasteiger partial charge in [-0.3, -0.25) is 4.68 Å². The molecule has 0 amide bonds. The molecule has 0 aliphatic carbocycles. The average molecular weight is 206 g/mol. The van der Waals surface area contributed by atoms with Crippen molar-refractivity contribution in [2.45, 2.75) is 32.9 Å². The van der Waals surface area contributed by atoms with Gasteiger partial charge in [0.15, 0.2) is 5.69 Å². The standard InChI is InChI=1S/C9H13F3N2/c1-5(2)7-6(3)8(9(10,11)12)13-14(7)4/h5H,1-4H3. The van der Waals surface area contributed by atoms with Gasteiger partial charge >= 0.3 is 6.18 Å². The number of alkyl halides is 3. The van der Waals surface area contributed by atoms with Gasteiger partial charge in [0.05, 0.1) is 0 Å². The van der Waals surface area contributed by atoms with Gasteiger partial charge in [-0.05, 0) is 12.8 Å². The van der Waals surface area contributed by atoms with E-state index in [4.69, 9.17) is 0 Å². The summed E-state index contributed by atoms with van der Waals surface area (Å²) in [6.45, 7) is 5.17. The molecule has 5 heteroatoms. The van der Waals surface area contributed by atoms with Crippen molar-refractivity contribution in [3.05, 3.63) is 17.0 Å². The molecule has 1 heterocycles. The van der Waals surface area contributed by atoms with E-state index in [0.717, 1.165) is 0 Å². The lowest BCUT2D eigenvalue weighted by Gasteiger charge is -2.07. The predicted molar refractivity (Wildman–Crippen MR) is 47.0 cm³/mol. The van der Waals surface area contributed by atoms with Gasteiger partial charge in [0, 0.05) is 18.3 Å². The lowest BCUT2D eigenvalue weighted by molar-refractivity contribution is -0.141. The number of halogens is 3. The molecule has 0 atom stereocenters. The molecule has 0 radical (unpaired) electrons. The van der Waals surface area contributed by atoms with Crippen LogP contribution < -0.4 is 0 Å². The molecule has 1 aromatic heterocycles. The van der Waals surface area contributed by atoms with Gasteiger partial charge in [0.1, 0.15) is 0 Å². The van der Waals surface area contributed by atoms with Crippen LogP contribution in [0.15, 0.2) is 0 Å². The minimum atomic E-state index is -4.35. The second-order valence-corrected chi connectivity index (χ2v) is 3.63. The molecule has 0 N–H and O–H groups in total. The van der Waals surface area contributed by atoms with Crippen LogP contribution in [0.3, 0.4) is 0 Å². The van der Waals surface area contributed by atoms with E-state index in [0.29, 0.717) is 5.69 Å². The Kier molecular flexibility index (Phi) is 2.61. The van der Waals surface area contributed by atoms with Crippen LogP contribution >= 0.6 is 0 Å². The zero-order valence-corrected chi connectivity index (χ0v) is 8.61. The molecule has 1 rings (SSSR count). The number of hydrogen-bond acceptors (Lipinski definition) is 1. The van der Waals surface area contributed by atoms with Crippen molar-refractivity contribution in [2.24, 2.45) is 7.05 Å². The highest BCUT2D eigenvalue weighted by Crippen LogP contribution is 2.33. The van der Waals surface area contributed by atoms with Crippen molar-refractivity contribution in [3.63, 3.8) is 0 Å². The Morgan fingerprint density at radius 1 is 1.29 bits per heavy atom. The Bertz CT molecular complexity index is 337. The smallest absolute Gasteiger partial charge is 0.272 e. The number of rotatable bonds is 1.